The predicted octanol–water partition coefficient (Wildman–Crippen LogP) is 1.88. The maximum Gasteiger partial charge on any atom is 0.196 e. The van der Waals surface area contributed by atoms with Gasteiger partial charge in [-0.05, 0) is 44.2 Å². The molecule has 15 heavy (non-hydrogen) atoms. The summed E-state index contributed by atoms with van der Waals surface area (Å²) in [6, 6.07) is 1.80. The summed E-state index contributed by atoms with van der Waals surface area (Å²) in [5, 5.41) is 10.2. The topological polar surface area (TPSA) is 50.2 Å². The molecule has 1 heterocycles. The summed E-state index contributed by atoms with van der Waals surface area (Å²) in [5.74, 6) is -0.161. The van der Waals surface area contributed by atoms with E-state index < -0.39 is 5.60 Å². The van der Waals surface area contributed by atoms with Crippen LogP contribution in [0.4, 0.5) is 0 Å². The van der Waals surface area contributed by atoms with E-state index in [9.17, 15) is 9.90 Å². The summed E-state index contributed by atoms with van der Waals surface area (Å²) in [5.41, 5.74) is 0.311. The lowest BCUT2D eigenvalue weighted by molar-refractivity contribution is 0.0352. The van der Waals surface area contributed by atoms with E-state index in [1.54, 1.807) is 18.5 Å². The van der Waals surface area contributed by atoms with Gasteiger partial charge in [-0.1, -0.05) is 0 Å². The van der Waals surface area contributed by atoms with Crippen LogP contribution >= 0.6 is 0 Å². The minimum Gasteiger partial charge on any atom is -0.382 e. The number of carbonyl (C=O) groups is 1. The Hall–Kier alpha value is -1.22. The summed E-state index contributed by atoms with van der Waals surface area (Å²) in [7, 11) is 0. The molecule has 0 aliphatic heterocycles. The lowest BCUT2D eigenvalue weighted by Gasteiger charge is -2.20. The summed E-state index contributed by atoms with van der Waals surface area (Å²) >= 11 is 0. The maximum atomic E-state index is 12.1. The highest BCUT2D eigenvalue weighted by Gasteiger charge is 2.39. The van der Waals surface area contributed by atoms with Gasteiger partial charge < -0.3 is 5.11 Å². The average molecular weight is 205 g/mol. The molecule has 1 N–H and O–H groups in total. The third-order valence-electron chi connectivity index (χ3n) is 3.14. The molecule has 0 aromatic carbocycles. The van der Waals surface area contributed by atoms with Crippen LogP contribution in [-0.2, 0) is 0 Å². The van der Waals surface area contributed by atoms with Gasteiger partial charge in [-0.25, -0.2) is 0 Å². The quantitative estimate of drug-likeness (QED) is 0.750. The zero-order valence-corrected chi connectivity index (χ0v) is 8.86. The van der Waals surface area contributed by atoms with Crippen molar-refractivity contribution in [1.82, 2.24) is 4.98 Å². The molecule has 2 rings (SSSR count). The lowest BCUT2D eigenvalue weighted by atomic mass is 9.90. The summed E-state index contributed by atoms with van der Waals surface area (Å²) in [4.78, 5) is 16.0. The SMILES string of the molecule is Cc1ccncc1C(=O)C1(O)CCCC1. The first-order valence-corrected chi connectivity index (χ1v) is 5.31. The van der Waals surface area contributed by atoms with Gasteiger partial charge in [0.15, 0.2) is 5.78 Å². The Bertz CT molecular complexity index is 381. The molecule has 1 fully saturated rings. The van der Waals surface area contributed by atoms with Gasteiger partial charge in [-0.2, -0.15) is 0 Å². The summed E-state index contributed by atoms with van der Waals surface area (Å²) in [6.07, 6.45) is 6.24. The number of carbonyl (C=O) groups excluding carboxylic acids is 1. The average Bonchev–Trinajstić information content (AvgIpc) is 2.66. The second-order valence-corrected chi connectivity index (χ2v) is 4.26. The van der Waals surface area contributed by atoms with E-state index in [1.807, 2.05) is 6.92 Å². The van der Waals surface area contributed by atoms with E-state index >= 15 is 0 Å². The van der Waals surface area contributed by atoms with Crippen LogP contribution in [0.5, 0.6) is 0 Å². The number of pyridine rings is 1. The molecule has 0 bridgehead atoms. The molecule has 3 nitrogen and oxygen atoms in total. The van der Waals surface area contributed by atoms with Crippen LogP contribution in [0, 0.1) is 6.92 Å². The molecule has 3 heteroatoms. The second kappa shape index (κ2) is 3.74. The van der Waals surface area contributed by atoms with Crippen LogP contribution in [0.2, 0.25) is 0 Å². The van der Waals surface area contributed by atoms with E-state index in [0.717, 1.165) is 18.4 Å². The summed E-state index contributed by atoms with van der Waals surface area (Å²) in [6.45, 7) is 1.87. The fourth-order valence-corrected chi connectivity index (χ4v) is 2.14. The molecule has 0 amide bonds. The Morgan fingerprint density at radius 1 is 1.47 bits per heavy atom. The molecule has 0 spiro atoms. The van der Waals surface area contributed by atoms with Crippen LogP contribution in [0.25, 0.3) is 0 Å². The van der Waals surface area contributed by atoms with Gasteiger partial charge in [0, 0.05) is 18.0 Å². The second-order valence-electron chi connectivity index (χ2n) is 4.26. The first-order chi connectivity index (χ1) is 7.13. The van der Waals surface area contributed by atoms with Gasteiger partial charge in [0.2, 0.25) is 0 Å². The van der Waals surface area contributed by atoms with Crippen molar-refractivity contribution >= 4 is 5.78 Å². The Kier molecular flexibility index (Phi) is 2.57. The normalized spacial score (nSPS) is 19.1. The largest absolute Gasteiger partial charge is 0.382 e. The Labute approximate surface area is 89.2 Å². The number of aryl methyl sites for hydroxylation is 1. The molecular formula is C12H15NO2. The van der Waals surface area contributed by atoms with E-state index in [1.165, 1.54) is 0 Å². The Morgan fingerprint density at radius 2 is 2.13 bits per heavy atom. The van der Waals surface area contributed by atoms with E-state index in [0.29, 0.717) is 18.4 Å². The fraction of sp³-hybridized carbons (Fsp3) is 0.500. The van der Waals surface area contributed by atoms with Crippen molar-refractivity contribution in [3.8, 4) is 0 Å². The van der Waals surface area contributed by atoms with Gasteiger partial charge in [0.05, 0.1) is 0 Å². The summed E-state index contributed by atoms with van der Waals surface area (Å²) < 4.78 is 0. The van der Waals surface area contributed by atoms with Gasteiger partial charge in [-0.3, -0.25) is 9.78 Å². The smallest absolute Gasteiger partial charge is 0.196 e. The van der Waals surface area contributed by atoms with Crippen molar-refractivity contribution in [3.63, 3.8) is 0 Å². The molecule has 1 saturated carbocycles. The Morgan fingerprint density at radius 3 is 2.73 bits per heavy atom. The molecule has 1 aliphatic rings. The predicted molar refractivity (Wildman–Crippen MR) is 56.7 cm³/mol. The number of Topliss-reactive ketones (excluding diaryl/α,β-unsaturated/α-hetero) is 1. The van der Waals surface area contributed by atoms with Crippen molar-refractivity contribution in [2.24, 2.45) is 0 Å². The third-order valence-corrected chi connectivity index (χ3v) is 3.14. The highest BCUT2D eigenvalue weighted by molar-refractivity contribution is 6.03. The first-order valence-electron chi connectivity index (χ1n) is 5.31. The van der Waals surface area contributed by atoms with Crippen LogP contribution in [-0.4, -0.2) is 21.5 Å². The van der Waals surface area contributed by atoms with Crippen molar-refractivity contribution in [2.75, 3.05) is 0 Å². The van der Waals surface area contributed by atoms with Crippen molar-refractivity contribution < 1.29 is 9.90 Å². The first kappa shape index (κ1) is 10.3. The molecular weight excluding hydrogens is 190 g/mol. The van der Waals surface area contributed by atoms with Crippen LogP contribution in [0.15, 0.2) is 18.5 Å². The lowest BCUT2D eigenvalue weighted by Crippen LogP contribution is -2.35. The molecule has 1 aromatic rings. The van der Waals surface area contributed by atoms with Crippen molar-refractivity contribution in [1.29, 1.82) is 0 Å². The monoisotopic (exact) mass is 205 g/mol. The number of aliphatic hydroxyl groups is 1. The molecule has 0 unspecified atom stereocenters. The highest BCUT2D eigenvalue weighted by Crippen LogP contribution is 2.32. The number of hydrogen-bond donors (Lipinski definition) is 1. The number of aromatic nitrogens is 1. The van der Waals surface area contributed by atoms with Crippen LogP contribution in [0.3, 0.4) is 0 Å². The molecule has 80 valence electrons. The highest BCUT2D eigenvalue weighted by atomic mass is 16.3. The van der Waals surface area contributed by atoms with E-state index in [2.05, 4.69) is 4.98 Å². The number of ketones is 1. The van der Waals surface area contributed by atoms with Gasteiger partial charge in [-0.15, -0.1) is 0 Å². The Balaban J connectivity index is 2.32. The minimum absolute atomic E-state index is 0.161. The fourth-order valence-electron chi connectivity index (χ4n) is 2.14. The molecule has 1 aliphatic carbocycles. The van der Waals surface area contributed by atoms with Gasteiger partial charge in [0.25, 0.3) is 0 Å². The van der Waals surface area contributed by atoms with Gasteiger partial charge in [0.1, 0.15) is 5.60 Å². The number of hydrogen-bond acceptors (Lipinski definition) is 3. The molecule has 1 aromatic heterocycles. The molecule has 0 radical (unpaired) electrons. The maximum absolute atomic E-state index is 12.1. The molecule has 0 atom stereocenters. The zero-order chi connectivity index (χ0) is 10.9. The number of nitrogens with zero attached hydrogens (tertiary/aromatic N) is 1. The minimum atomic E-state index is -1.13. The third kappa shape index (κ3) is 1.79. The van der Waals surface area contributed by atoms with Crippen molar-refractivity contribution in [2.45, 2.75) is 38.2 Å². The standard InChI is InChI=1S/C12H15NO2/c1-9-4-7-13-8-10(9)11(14)12(15)5-2-3-6-12/h4,7-8,15H,2-3,5-6H2,1H3. The number of rotatable bonds is 2. The van der Waals surface area contributed by atoms with E-state index in [4.69, 9.17) is 0 Å². The molecule has 0 saturated heterocycles. The van der Waals surface area contributed by atoms with E-state index in [-0.39, 0.29) is 5.78 Å². The zero-order valence-electron chi connectivity index (χ0n) is 8.86. The van der Waals surface area contributed by atoms with Crippen LogP contribution < -0.4 is 0 Å². The van der Waals surface area contributed by atoms with Crippen LogP contribution in [0.1, 0.15) is 41.6 Å². The van der Waals surface area contributed by atoms with Gasteiger partial charge >= 0.3 is 0 Å². The van der Waals surface area contributed by atoms with Crippen molar-refractivity contribution in [3.05, 3.63) is 29.6 Å².